The van der Waals surface area contributed by atoms with Gasteiger partial charge in [-0.25, -0.2) is 0 Å². The largest absolute Gasteiger partial charge is 0.344 e. The van der Waals surface area contributed by atoms with Crippen LogP contribution in [0, 0.1) is 0 Å². The van der Waals surface area contributed by atoms with E-state index in [1.165, 1.54) is 0 Å². The van der Waals surface area contributed by atoms with Gasteiger partial charge in [0.15, 0.2) is 0 Å². The summed E-state index contributed by atoms with van der Waals surface area (Å²) in [5.74, 6) is 2.28. The SMILES string of the molecule is CCCC1NC(=O)CCN(C(C)CCSCC)C1=O. The summed E-state index contributed by atoms with van der Waals surface area (Å²) in [5, 5.41) is 2.85. The van der Waals surface area contributed by atoms with Gasteiger partial charge in [0.2, 0.25) is 11.8 Å². The lowest BCUT2D eigenvalue weighted by molar-refractivity contribution is -0.135. The van der Waals surface area contributed by atoms with Crippen molar-refractivity contribution in [2.75, 3.05) is 18.1 Å². The molecule has 0 aliphatic carbocycles. The molecule has 5 heteroatoms. The van der Waals surface area contributed by atoms with E-state index >= 15 is 0 Å². The molecule has 4 nitrogen and oxygen atoms in total. The van der Waals surface area contributed by atoms with Crippen LogP contribution < -0.4 is 5.32 Å². The van der Waals surface area contributed by atoms with Crippen molar-refractivity contribution in [2.45, 2.75) is 58.5 Å². The van der Waals surface area contributed by atoms with E-state index in [1.807, 2.05) is 23.6 Å². The molecule has 1 aliphatic heterocycles. The Labute approximate surface area is 120 Å². The molecule has 2 unspecified atom stereocenters. The zero-order chi connectivity index (χ0) is 14.3. The van der Waals surface area contributed by atoms with Crippen LogP contribution in [0.4, 0.5) is 0 Å². The smallest absolute Gasteiger partial charge is 0.245 e. The van der Waals surface area contributed by atoms with Crippen LogP contribution in [0.1, 0.15) is 46.5 Å². The molecule has 2 atom stereocenters. The van der Waals surface area contributed by atoms with Crippen molar-refractivity contribution >= 4 is 23.6 Å². The van der Waals surface area contributed by atoms with E-state index in [0.29, 0.717) is 13.0 Å². The summed E-state index contributed by atoms with van der Waals surface area (Å²) < 4.78 is 0. The van der Waals surface area contributed by atoms with Crippen LogP contribution in [-0.4, -0.2) is 46.8 Å². The lowest BCUT2D eigenvalue weighted by Crippen LogP contribution is -2.47. The lowest BCUT2D eigenvalue weighted by Gasteiger charge is -2.30. The minimum absolute atomic E-state index is 0.00410. The van der Waals surface area contributed by atoms with E-state index in [9.17, 15) is 9.59 Å². The molecule has 0 aromatic heterocycles. The van der Waals surface area contributed by atoms with E-state index in [1.54, 1.807) is 0 Å². The van der Waals surface area contributed by atoms with Gasteiger partial charge in [-0.3, -0.25) is 9.59 Å². The summed E-state index contributed by atoms with van der Waals surface area (Å²) in [4.78, 5) is 26.0. The van der Waals surface area contributed by atoms with E-state index in [2.05, 4.69) is 19.2 Å². The number of hydrogen-bond donors (Lipinski definition) is 1. The average molecular weight is 286 g/mol. The average Bonchev–Trinajstić information content (AvgIpc) is 2.51. The molecule has 1 N–H and O–H groups in total. The molecule has 0 aromatic rings. The topological polar surface area (TPSA) is 49.4 Å². The first-order valence-electron chi connectivity index (χ1n) is 7.27. The summed E-state index contributed by atoms with van der Waals surface area (Å²) in [6, 6.07) is -0.0973. The zero-order valence-corrected chi connectivity index (χ0v) is 13.1. The molecule has 110 valence electrons. The molecule has 0 radical (unpaired) electrons. The van der Waals surface area contributed by atoms with Crippen molar-refractivity contribution in [1.29, 1.82) is 0 Å². The van der Waals surface area contributed by atoms with Crippen molar-refractivity contribution < 1.29 is 9.59 Å². The van der Waals surface area contributed by atoms with E-state index in [0.717, 1.165) is 30.8 Å². The van der Waals surface area contributed by atoms with Gasteiger partial charge < -0.3 is 10.2 Å². The van der Waals surface area contributed by atoms with Gasteiger partial charge >= 0.3 is 0 Å². The van der Waals surface area contributed by atoms with Crippen LogP contribution in [-0.2, 0) is 9.59 Å². The molecular formula is C14H26N2O2S. The third-order valence-electron chi connectivity index (χ3n) is 3.49. The fourth-order valence-electron chi connectivity index (χ4n) is 2.34. The van der Waals surface area contributed by atoms with Crippen molar-refractivity contribution in [3.63, 3.8) is 0 Å². The number of carbonyl (C=O) groups is 2. The Morgan fingerprint density at radius 2 is 2.16 bits per heavy atom. The van der Waals surface area contributed by atoms with E-state index < -0.39 is 0 Å². The Morgan fingerprint density at radius 1 is 1.42 bits per heavy atom. The van der Waals surface area contributed by atoms with Crippen LogP contribution in [0.2, 0.25) is 0 Å². The van der Waals surface area contributed by atoms with E-state index in [-0.39, 0.29) is 23.9 Å². The molecule has 1 saturated heterocycles. The maximum atomic E-state index is 12.5. The predicted octanol–water partition coefficient (Wildman–Crippen LogP) is 2.04. The molecule has 2 amide bonds. The molecule has 1 fully saturated rings. The number of amides is 2. The van der Waals surface area contributed by atoms with Gasteiger partial charge in [0.05, 0.1) is 0 Å². The van der Waals surface area contributed by atoms with Gasteiger partial charge in [0.25, 0.3) is 0 Å². The van der Waals surface area contributed by atoms with Crippen LogP contribution >= 0.6 is 11.8 Å². The summed E-state index contributed by atoms with van der Waals surface area (Å²) in [6.07, 6.45) is 3.07. The molecule has 1 aliphatic rings. The summed E-state index contributed by atoms with van der Waals surface area (Å²) in [7, 11) is 0. The monoisotopic (exact) mass is 286 g/mol. The Morgan fingerprint density at radius 3 is 2.79 bits per heavy atom. The second-order valence-corrected chi connectivity index (χ2v) is 6.42. The highest BCUT2D eigenvalue weighted by Gasteiger charge is 2.31. The predicted molar refractivity (Wildman–Crippen MR) is 80.2 cm³/mol. The van der Waals surface area contributed by atoms with Crippen molar-refractivity contribution in [2.24, 2.45) is 0 Å². The Bertz CT molecular complexity index is 310. The van der Waals surface area contributed by atoms with Gasteiger partial charge in [-0.1, -0.05) is 20.3 Å². The van der Waals surface area contributed by atoms with Gasteiger partial charge in [0.1, 0.15) is 6.04 Å². The van der Waals surface area contributed by atoms with Gasteiger partial charge in [0, 0.05) is 19.0 Å². The number of rotatable bonds is 7. The highest BCUT2D eigenvalue weighted by molar-refractivity contribution is 7.99. The maximum Gasteiger partial charge on any atom is 0.245 e. The minimum Gasteiger partial charge on any atom is -0.344 e. The molecule has 1 rings (SSSR count). The highest BCUT2D eigenvalue weighted by atomic mass is 32.2. The van der Waals surface area contributed by atoms with Crippen LogP contribution in [0.15, 0.2) is 0 Å². The number of hydrogen-bond acceptors (Lipinski definition) is 3. The standard InChI is InChI=1S/C14H26N2O2S/c1-4-6-12-14(18)16(9-7-13(17)15-12)11(3)8-10-19-5-2/h11-12H,4-10H2,1-3H3,(H,15,17). The Kier molecular flexibility index (Phi) is 7.28. The summed E-state index contributed by atoms with van der Waals surface area (Å²) in [6.45, 7) is 6.83. The van der Waals surface area contributed by atoms with Crippen molar-refractivity contribution in [1.82, 2.24) is 10.2 Å². The molecule has 1 heterocycles. The third-order valence-corrected chi connectivity index (χ3v) is 4.42. The zero-order valence-electron chi connectivity index (χ0n) is 12.3. The van der Waals surface area contributed by atoms with Crippen LogP contribution in [0.3, 0.4) is 0 Å². The van der Waals surface area contributed by atoms with Crippen LogP contribution in [0.5, 0.6) is 0 Å². The molecule has 0 saturated carbocycles. The Balaban J connectivity index is 2.63. The second-order valence-electron chi connectivity index (χ2n) is 5.03. The molecule has 0 spiro atoms. The van der Waals surface area contributed by atoms with E-state index in [4.69, 9.17) is 0 Å². The summed E-state index contributed by atoms with van der Waals surface area (Å²) >= 11 is 1.90. The Hall–Kier alpha value is -0.710. The normalized spacial score (nSPS) is 22.1. The van der Waals surface area contributed by atoms with Crippen molar-refractivity contribution in [3.8, 4) is 0 Å². The fourth-order valence-corrected chi connectivity index (χ4v) is 3.13. The fraction of sp³-hybridized carbons (Fsp3) is 0.857. The maximum absolute atomic E-state index is 12.5. The lowest BCUT2D eigenvalue weighted by atomic mass is 10.1. The van der Waals surface area contributed by atoms with Crippen LogP contribution in [0.25, 0.3) is 0 Å². The molecule has 0 aromatic carbocycles. The number of nitrogens with one attached hydrogen (secondary N) is 1. The number of nitrogens with zero attached hydrogens (tertiary/aromatic N) is 1. The first-order chi connectivity index (χ1) is 9.10. The second kappa shape index (κ2) is 8.46. The number of carbonyl (C=O) groups excluding carboxylic acids is 2. The van der Waals surface area contributed by atoms with Gasteiger partial charge in [-0.2, -0.15) is 11.8 Å². The number of thioether (sulfide) groups is 1. The highest BCUT2D eigenvalue weighted by Crippen LogP contribution is 2.15. The van der Waals surface area contributed by atoms with Crippen molar-refractivity contribution in [3.05, 3.63) is 0 Å². The van der Waals surface area contributed by atoms with Gasteiger partial charge in [-0.05, 0) is 31.3 Å². The third kappa shape index (κ3) is 5.05. The molecule has 0 bridgehead atoms. The van der Waals surface area contributed by atoms with Gasteiger partial charge in [-0.15, -0.1) is 0 Å². The quantitative estimate of drug-likeness (QED) is 0.729. The first-order valence-corrected chi connectivity index (χ1v) is 8.43. The summed E-state index contributed by atoms with van der Waals surface area (Å²) in [5.41, 5.74) is 0. The minimum atomic E-state index is -0.318. The molecule has 19 heavy (non-hydrogen) atoms. The first kappa shape index (κ1) is 16.3. The molecular weight excluding hydrogens is 260 g/mol.